The lowest BCUT2D eigenvalue weighted by molar-refractivity contribution is -0.113. The zero-order valence-electron chi connectivity index (χ0n) is 12.5. The van der Waals surface area contributed by atoms with Gasteiger partial charge in [0.05, 0.1) is 5.75 Å². The number of rotatable bonds is 5. The van der Waals surface area contributed by atoms with Crippen molar-refractivity contribution in [3.05, 3.63) is 60.2 Å². The van der Waals surface area contributed by atoms with Crippen LogP contribution in [0.3, 0.4) is 0 Å². The van der Waals surface area contributed by atoms with Crippen LogP contribution in [0.1, 0.15) is 5.56 Å². The molecule has 0 atom stereocenters. The van der Waals surface area contributed by atoms with Crippen molar-refractivity contribution in [1.29, 1.82) is 0 Å². The maximum Gasteiger partial charge on any atom is 0.234 e. The fourth-order valence-electron chi connectivity index (χ4n) is 2.00. The third kappa shape index (κ3) is 4.18. The van der Waals surface area contributed by atoms with Gasteiger partial charge in [0, 0.05) is 11.3 Å². The Balaban J connectivity index is 1.58. The molecule has 116 valence electrons. The lowest BCUT2D eigenvalue weighted by atomic mass is 10.2. The summed E-state index contributed by atoms with van der Waals surface area (Å²) >= 11 is 2.72. The van der Waals surface area contributed by atoms with Gasteiger partial charge in [-0.25, -0.2) is 4.98 Å². The largest absolute Gasteiger partial charge is 0.325 e. The first-order valence-corrected chi connectivity index (χ1v) is 8.86. The molecule has 3 rings (SSSR count). The summed E-state index contributed by atoms with van der Waals surface area (Å²) in [6.45, 7) is 1.97. The Bertz CT molecular complexity index is 802. The minimum absolute atomic E-state index is 0.0410. The molecule has 1 N–H and O–H groups in total. The van der Waals surface area contributed by atoms with E-state index in [0.717, 1.165) is 21.2 Å². The lowest BCUT2D eigenvalue weighted by Crippen LogP contribution is -2.14. The average Bonchev–Trinajstić information content (AvgIpc) is 3.05. The molecule has 0 bridgehead atoms. The molecule has 0 unspecified atom stereocenters. The number of thioether (sulfide) groups is 1. The number of nitrogens with one attached hydrogen (secondary N) is 1. The van der Waals surface area contributed by atoms with E-state index in [1.54, 1.807) is 0 Å². The van der Waals surface area contributed by atoms with Gasteiger partial charge in [0.1, 0.15) is 0 Å². The van der Waals surface area contributed by atoms with Crippen molar-refractivity contribution in [3.63, 3.8) is 0 Å². The molecule has 1 heterocycles. The Hall–Kier alpha value is -2.18. The van der Waals surface area contributed by atoms with E-state index in [4.69, 9.17) is 0 Å². The van der Waals surface area contributed by atoms with Gasteiger partial charge in [-0.1, -0.05) is 60.3 Å². The van der Waals surface area contributed by atoms with Crippen molar-refractivity contribution in [3.8, 4) is 11.4 Å². The molecule has 0 saturated carbocycles. The number of para-hydroxylation sites is 1. The molecule has 1 aromatic heterocycles. The maximum atomic E-state index is 12.0. The highest BCUT2D eigenvalue weighted by Gasteiger charge is 2.10. The van der Waals surface area contributed by atoms with Gasteiger partial charge in [-0.3, -0.25) is 4.79 Å². The van der Waals surface area contributed by atoms with E-state index >= 15 is 0 Å². The number of nitrogens with zero attached hydrogens (tertiary/aromatic N) is 2. The van der Waals surface area contributed by atoms with Crippen LogP contribution >= 0.6 is 23.3 Å². The SMILES string of the molecule is Cc1ccccc1NC(=O)CSc1nc(-c2ccccc2)ns1. The molecule has 0 spiro atoms. The maximum absolute atomic E-state index is 12.0. The molecular formula is C17H15N3OS2. The number of carbonyl (C=O) groups excluding carboxylic acids is 1. The number of amides is 1. The third-order valence-electron chi connectivity index (χ3n) is 3.19. The van der Waals surface area contributed by atoms with Gasteiger partial charge in [0.15, 0.2) is 10.2 Å². The van der Waals surface area contributed by atoms with E-state index in [1.165, 1.54) is 23.3 Å². The van der Waals surface area contributed by atoms with Crippen LogP contribution < -0.4 is 5.32 Å². The summed E-state index contributed by atoms with van der Waals surface area (Å²) in [6, 6.07) is 17.6. The Labute approximate surface area is 143 Å². The van der Waals surface area contributed by atoms with Gasteiger partial charge < -0.3 is 5.32 Å². The summed E-state index contributed by atoms with van der Waals surface area (Å²) in [5.41, 5.74) is 2.88. The molecule has 1 amide bonds. The summed E-state index contributed by atoms with van der Waals surface area (Å²) in [7, 11) is 0. The summed E-state index contributed by atoms with van der Waals surface area (Å²) < 4.78 is 5.14. The third-order valence-corrected chi connectivity index (χ3v) is 5.02. The molecule has 0 radical (unpaired) electrons. The molecule has 6 heteroatoms. The molecule has 0 saturated heterocycles. The Morgan fingerprint density at radius 3 is 2.65 bits per heavy atom. The van der Waals surface area contributed by atoms with Gasteiger partial charge in [0.25, 0.3) is 0 Å². The highest BCUT2D eigenvalue weighted by molar-refractivity contribution is 8.01. The quantitative estimate of drug-likeness (QED) is 0.705. The summed E-state index contributed by atoms with van der Waals surface area (Å²) in [5.74, 6) is 0.982. The first kappa shape index (κ1) is 15.7. The Kier molecular flexibility index (Phi) is 5.05. The van der Waals surface area contributed by atoms with Crippen molar-refractivity contribution in [1.82, 2.24) is 9.36 Å². The second-order valence-electron chi connectivity index (χ2n) is 4.90. The summed E-state index contributed by atoms with van der Waals surface area (Å²) in [5, 5.41) is 2.92. The van der Waals surface area contributed by atoms with Crippen LogP contribution in [0.25, 0.3) is 11.4 Å². The fourth-order valence-corrected chi connectivity index (χ4v) is 3.41. The van der Waals surface area contributed by atoms with Crippen molar-refractivity contribution in [2.24, 2.45) is 0 Å². The standard InChI is InChI=1S/C17H15N3OS2/c1-12-7-5-6-10-14(12)18-15(21)11-22-17-19-16(20-23-17)13-8-3-2-4-9-13/h2-10H,11H2,1H3,(H,18,21). The number of benzene rings is 2. The zero-order valence-corrected chi connectivity index (χ0v) is 14.2. The number of aromatic nitrogens is 2. The summed E-state index contributed by atoms with van der Waals surface area (Å²) in [6.07, 6.45) is 0. The minimum Gasteiger partial charge on any atom is -0.325 e. The molecule has 0 aliphatic heterocycles. The van der Waals surface area contributed by atoms with E-state index in [1.807, 2.05) is 61.5 Å². The van der Waals surface area contributed by atoms with E-state index in [2.05, 4.69) is 14.7 Å². The Morgan fingerprint density at radius 2 is 1.87 bits per heavy atom. The van der Waals surface area contributed by atoms with E-state index in [9.17, 15) is 4.79 Å². The van der Waals surface area contributed by atoms with Gasteiger partial charge in [-0.05, 0) is 30.1 Å². The average molecular weight is 341 g/mol. The summed E-state index contributed by atoms with van der Waals surface area (Å²) in [4.78, 5) is 16.5. The van der Waals surface area contributed by atoms with Gasteiger partial charge >= 0.3 is 0 Å². The first-order chi connectivity index (χ1) is 11.2. The molecule has 0 fully saturated rings. The molecule has 2 aromatic carbocycles. The molecule has 0 aliphatic rings. The lowest BCUT2D eigenvalue weighted by Gasteiger charge is -2.06. The molecule has 23 heavy (non-hydrogen) atoms. The minimum atomic E-state index is -0.0410. The molecular weight excluding hydrogens is 326 g/mol. The highest BCUT2D eigenvalue weighted by atomic mass is 32.2. The van der Waals surface area contributed by atoms with Crippen LogP contribution in [0.5, 0.6) is 0 Å². The van der Waals surface area contributed by atoms with Crippen LogP contribution in [-0.2, 0) is 4.79 Å². The number of carbonyl (C=O) groups is 1. The van der Waals surface area contributed by atoms with Gasteiger partial charge in [-0.2, -0.15) is 4.37 Å². The number of aryl methyl sites for hydroxylation is 1. The number of anilines is 1. The van der Waals surface area contributed by atoms with Crippen molar-refractivity contribution < 1.29 is 4.79 Å². The second-order valence-corrected chi connectivity index (χ2v) is 6.88. The first-order valence-electron chi connectivity index (χ1n) is 7.10. The molecule has 3 aromatic rings. The molecule has 4 nitrogen and oxygen atoms in total. The predicted octanol–water partition coefficient (Wildman–Crippen LogP) is 4.24. The normalized spacial score (nSPS) is 10.5. The second kappa shape index (κ2) is 7.39. The monoisotopic (exact) mass is 341 g/mol. The van der Waals surface area contributed by atoms with Crippen LogP contribution in [0.2, 0.25) is 0 Å². The highest BCUT2D eigenvalue weighted by Crippen LogP contribution is 2.25. The van der Waals surface area contributed by atoms with E-state index in [-0.39, 0.29) is 5.91 Å². The van der Waals surface area contributed by atoms with Crippen LogP contribution in [0, 0.1) is 6.92 Å². The van der Waals surface area contributed by atoms with Crippen LogP contribution in [-0.4, -0.2) is 21.0 Å². The molecule has 0 aliphatic carbocycles. The zero-order chi connectivity index (χ0) is 16.1. The van der Waals surface area contributed by atoms with Gasteiger partial charge in [-0.15, -0.1) is 0 Å². The fraction of sp³-hybridized carbons (Fsp3) is 0.118. The smallest absolute Gasteiger partial charge is 0.234 e. The predicted molar refractivity (Wildman–Crippen MR) is 95.9 cm³/mol. The number of hydrogen-bond acceptors (Lipinski definition) is 5. The van der Waals surface area contributed by atoms with Crippen LogP contribution in [0.15, 0.2) is 58.9 Å². The topological polar surface area (TPSA) is 54.9 Å². The Morgan fingerprint density at radius 1 is 1.13 bits per heavy atom. The van der Waals surface area contributed by atoms with Crippen molar-refractivity contribution in [2.45, 2.75) is 11.3 Å². The van der Waals surface area contributed by atoms with Gasteiger partial charge in [0.2, 0.25) is 5.91 Å². The van der Waals surface area contributed by atoms with Crippen LogP contribution in [0.4, 0.5) is 5.69 Å². The van der Waals surface area contributed by atoms with E-state index < -0.39 is 0 Å². The van der Waals surface area contributed by atoms with Crippen molar-refractivity contribution in [2.75, 3.05) is 11.1 Å². The van der Waals surface area contributed by atoms with Crippen molar-refractivity contribution >= 4 is 34.9 Å². The number of hydrogen-bond donors (Lipinski definition) is 1. The van der Waals surface area contributed by atoms with E-state index in [0.29, 0.717) is 11.6 Å².